The van der Waals surface area contributed by atoms with Crippen molar-refractivity contribution in [1.29, 1.82) is 0 Å². The molecule has 0 aliphatic carbocycles. The summed E-state index contributed by atoms with van der Waals surface area (Å²) in [5.41, 5.74) is 5.35. The molecule has 0 fully saturated rings. The number of hydrogen-bond donors (Lipinski definition) is 2. The Morgan fingerprint density at radius 2 is 1.10 bits per heavy atom. The van der Waals surface area contributed by atoms with Crippen LogP contribution in [-0.2, 0) is 27.9 Å². The van der Waals surface area contributed by atoms with Crippen molar-refractivity contribution in [3.05, 3.63) is 85.3 Å². The number of unbranched alkanes of at least 4 members (excludes halogenated alkanes) is 12. The zero-order valence-electron chi connectivity index (χ0n) is 32.8. The summed E-state index contributed by atoms with van der Waals surface area (Å²) in [5, 5.41) is 0. The molecule has 0 spiro atoms. The van der Waals surface area contributed by atoms with Gasteiger partial charge in [0, 0.05) is 13.0 Å². The van der Waals surface area contributed by atoms with Gasteiger partial charge in [0.05, 0.1) is 19.5 Å². The highest BCUT2D eigenvalue weighted by Gasteiger charge is 2.24. The van der Waals surface area contributed by atoms with Gasteiger partial charge in [-0.2, -0.15) is 0 Å². The molecule has 3 N–H and O–H groups in total. The first-order chi connectivity index (χ1) is 25.4. The number of ether oxygens (including phenoxy) is 2. The van der Waals surface area contributed by atoms with Gasteiger partial charge in [0.2, 0.25) is 0 Å². The molecule has 1 unspecified atom stereocenters. The fraction of sp³-hybridized carbons (Fsp3) is 0.651. The predicted octanol–water partition coefficient (Wildman–Crippen LogP) is 12.1. The topological polar surface area (TPSA) is 117 Å². The molecule has 9 heteroatoms. The van der Waals surface area contributed by atoms with Crippen molar-refractivity contribution in [2.24, 2.45) is 5.73 Å². The van der Waals surface area contributed by atoms with Gasteiger partial charge in [-0.3, -0.25) is 13.8 Å². The first-order valence-electron chi connectivity index (χ1n) is 20.1. The van der Waals surface area contributed by atoms with Crippen LogP contribution in [0.4, 0.5) is 0 Å². The van der Waals surface area contributed by atoms with E-state index in [-0.39, 0.29) is 38.8 Å². The number of carbonyl (C=O) groups excluding carboxylic acids is 1. The summed E-state index contributed by atoms with van der Waals surface area (Å²) >= 11 is 0. The number of phosphoric acid groups is 1. The molecule has 0 heterocycles. The predicted molar refractivity (Wildman–Crippen MR) is 219 cm³/mol. The molecule has 0 amide bonds. The minimum absolute atomic E-state index is 0.0871. The highest BCUT2D eigenvalue weighted by atomic mass is 31.2. The highest BCUT2D eigenvalue weighted by Crippen LogP contribution is 2.43. The number of carbonyl (C=O) groups is 1. The maximum absolute atomic E-state index is 12.4. The third-order valence-corrected chi connectivity index (χ3v) is 8.87. The second-order valence-corrected chi connectivity index (χ2v) is 14.3. The van der Waals surface area contributed by atoms with E-state index in [4.69, 9.17) is 24.3 Å². The van der Waals surface area contributed by atoms with Crippen molar-refractivity contribution in [1.82, 2.24) is 0 Å². The quantitative estimate of drug-likeness (QED) is 0.0212. The Kier molecular flexibility index (Phi) is 37.8. The van der Waals surface area contributed by atoms with Gasteiger partial charge in [-0.25, -0.2) is 4.57 Å². The second kappa shape index (κ2) is 39.7. The fourth-order valence-electron chi connectivity index (χ4n) is 4.89. The Bertz CT molecular complexity index is 1060. The van der Waals surface area contributed by atoms with Crippen LogP contribution >= 0.6 is 7.82 Å². The number of nitrogens with two attached hydrogens (primary N) is 1. The van der Waals surface area contributed by atoms with E-state index in [1.54, 1.807) is 6.26 Å². The molecule has 0 radical (unpaired) electrons. The van der Waals surface area contributed by atoms with Crippen molar-refractivity contribution in [2.75, 3.05) is 26.4 Å². The van der Waals surface area contributed by atoms with Crippen LogP contribution in [0.3, 0.4) is 0 Å². The lowest BCUT2D eigenvalue weighted by Crippen LogP contribution is -2.25. The van der Waals surface area contributed by atoms with Gasteiger partial charge in [0.15, 0.2) is 6.10 Å². The maximum Gasteiger partial charge on any atom is 0.472 e. The lowest BCUT2D eigenvalue weighted by atomic mass is 10.1. The van der Waals surface area contributed by atoms with Crippen LogP contribution in [0.5, 0.6) is 0 Å². The monoisotopic (exact) mass is 748 g/mol. The summed E-state index contributed by atoms with van der Waals surface area (Å²) in [5.74, 6) is -0.353. The van der Waals surface area contributed by atoms with Gasteiger partial charge in [-0.15, -0.1) is 0 Å². The van der Waals surface area contributed by atoms with Gasteiger partial charge in [0.1, 0.15) is 6.61 Å². The summed E-state index contributed by atoms with van der Waals surface area (Å²) in [6.07, 6.45) is 51.3. The van der Waals surface area contributed by atoms with Crippen LogP contribution < -0.4 is 5.73 Å². The van der Waals surface area contributed by atoms with E-state index in [1.807, 2.05) is 6.08 Å². The fourth-order valence-corrected chi connectivity index (χ4v) is 5.66. The summed E-state index contributed by atoms with van der Waals surface area (Å²) in [4.78, 5) is 22.2. The average Bonchev–Trinajstić information content (AvgIpc) is 3.14. The molecule has 298 valence electrons. The van der Waals surface area contributed by atoms with Crippen LogP contribution in [0.25, 0.3) is 0 Å². The lowest BCUT2D eigenvalue weighted by molar-refractivity contribution is -0.147. The van der Waals surface area contributed by atoms with Crippen molar-refractivity contribution in [3.8, 4) is 0 Å². The molecule has 0 bridgehead atoms. The van der Waals surface area contributed by atoms with E-state index in [0.29, 0.717) is 6.42 Å². The number of allylic oxidation sites excluding steroid dienone is 13. The molecular formula is C43H74NO7P. The van der Waals surface area contributed by atoms with Crippen molar-refractivity contribution in [2.45, 2.75) is 155 Å². The van der Waals surface area contributed by atoms with Gasteiger partial charge < -0.3 is 20.1 Å². The Morgan fingerprint density at radius 1 is 0.615 bits per heavy atom. The molecule has 0 rings (SSSR count). The SMILES string of the molecule is CCC=CCC=CCC=CCC=CCC=CCCCC(=O)OC[C@H](COP(=O)(O)OCCN)OC=CCCCCCCC=CCCCCCCCC. The minimum Gasteiger partial charge on any atom is -0.492 e. The number of rotatable bonds is 37. The Labute approximate surface area is 318 Å². The van der Waals surface area contributed by atoms with Gasteiger partial charge >= 0.3 is 13.8 Å². The summed E-state index contributed by atoms with van der Waals surface area (Å²) < 4.78 is 33.1. The summed E-state index contributed by atoms with van der Waals surface area (Å²) in [6.45, 7) is 3.99. The van der Waals surface area contributed by atoms with E-state index < -0.39 is 13.9 Å². The molecule has 0 aromatic rings. The van der Waals surface area contributed by atoms with Crippen LogP contribution in [0.2, 0.25) is 0 Å². The van der Waals surface area contributed by atoms with E-state index in [1.165, 1.54) is 57.8 Å². The first-order valence-corrected chi connectivity index (χ1v) is 21.6. The smallest absolute Gasteiger partial charge is 0.472 e. The molecule has 0 saturated carbocycles. The zero-order chi connectivity index (χ0) is 38.1. The standard InChI is InChI=1S/C43H74NO7P/c1-3-5-7-9-11-13-15-17-19-21-22-24-26-28-30-32-34-36-43(45)49-40-42(41-51-52(46,47)50-39-37-44)48-38-35-33-31-29-27-25-23-20-18-16-14-12-10-8-6-4-2/h5,7,11,13,17-20,22,24,28,30,35,38,42H,3-4,6,8-10,12,14-16,21,23,25-27,29,31-34,36-37,39-41,44H2,1-2H3,(H,46,47)/t42-/m1/s1. The third-order valence-electron chi connectivity index (χ3n) is 7.89. The summed E-state index contributed by atoms with van der Waals surface area (Å²) in [6, 6.07) is 0. The molecule has 0 aliphatic heterocycles. The number of esters is 1. The second-order valence-electron chi connectivity index (χ2n) is 12.8. The van der Waals surface area contributed by atoms with E-state index in [9.17, 15) is 14.3 Å². The molecule has 0 aromatic carbocycles. The Balaban J connectivity index is 4.26. The Hall–Kier alpha value is -2.48. The van der Waals surface area contributed by atoms with Crippen LogP contribution in [0.15, 0.2) is 85.3 Å². The molecule has 0 aliphatic rings. The van der Waals surface area contributed by atoms with Gasteiger partial charge in [-0.1, -0.05) is 132 Å². The van der Waals surface area contributed by atoms with Crippen LogP contribution in [-0.4, -0.2) is 43.3 Å². The normalized spacial score (nSPS) is 14.4. The molecule has 52 heavy (non-hydrogen) atoms. The number of phosphoric ester groups is 1. The van der Waals surface area contributed by atoms with E-state index in [0.717, 1.165) is 64.2 Å². The molecule has 2 atom stereocenters. The molecule has 8 nitrogen and oxygen atoms in total. The van der Waals surface area contributed by atoms with Crippen molar-refractivity contribution >= 4 is 13.8 Å². The van der Waals surface area contributed by atoms with Crippen LogP contribution in [0.1, 0.15) is 149 Å². The third kappa shape index (κ3) is 38.7. The molecular weight excluding hydrogens is 673 g/mol. The van der Waals surface area contributed by atoms with Crippen molar-refractivity contribution < 1.29 is 32.8 Å². The summed E-state index contributed by atoms with van der Waals surface area (Å²) in [7, 11) is -4.29. The maximum atomic E-state index is 12.4. The minimum atomic E-state index is -4.29. The van der Waals surface area contributed by atoms with Gasteiger partial charge in [-0.05, 0) is 89.5 Å². The van der Waals surface area contributed by atoms with Crippen molar-refractivity contribution in [3.63, 3.8) is 0 Å². The average molecular weight is 748 g/mol. The highest BCUT2D eigenvalue weighted by molar-refractivity contribution is 7.47. The Morgan fingerprint density at radius 3 is 1.65 bits per heavy atom. The largest absolute Gasteiger partial charge is 0.492 e. The molecule has 0 saturated heterocycles. The van der Waals surface area contributed by atoms with E-state index >= 15 is 0 Å². The van der Waals surface area contributed by atoms with Gasteiger partial charge in [0.25, 0.3) is 0 Å². The molecule has 0 aromatic heterocycles. The zero-order valence-corrected chi connectivity index (χ0v) is 33.7. The lowest BCUT2D eigenvalue weighted by Gasteiger charge is -2.19. The number of hydrogen-bond acceptors (Lipinski definition) is 7. The van der Waals surface area contributed by atoms with E-state index in [2.05, 4.69) is 86.8 Å². The van der Waals surface area contributed by atoms with Crippen LogP contribution in [0, 0.1) is 0 Å². The first kappa shape index (κ1) is 49.5.